The molecule has 2 heterocycles. The molecule has 1 aromatic rings. The van der Waals surface area contributed by atoms with Crippen molar-refractivity contribution in [2.45, 2.75) is 38.6 Å². The maximum absolute atomic E-state index is 12.2. The molecule has 3 nitrogen and oxygen atoms in total. The summed E-state index contributed by atoms with van der Waals surface area (Å²) in [6.07, 6.45) is 2.65. The fraction of sp³-hybridized carbons (Fsp3) is 0.643. The molecule has 18 heavy (non-hydrogen) atoms. The highest BCUT2D eigenvalue weighted by atomic mass is 32.1. The average Bonchev–Trinajstić information content (AvgIpc) is 2.81. The fourth-order valence-corrected chi connectivity index (χ4v) is 3.20. The van der Waals surface area contributed by atoms with Gasteiger partial charge < -0.3 is 10.2 Å². The Morgan fingerprint density at radius 3 is 3.06 bits per heavy atom. The Bertz CT molecular complexity index is 387. The first kappa shape index (κ1) is 13.6. The van der Waals surface area contributed by atoms with Crippen LogP contribution in [0, 0.1) is 0 Å². The molecule has 0 radical (unpaired) electrons. The minimum Gasteiger partial charge on any atom is -0.335 e. The molecule has 0 spiro atoms. The predicted molar refractivity (Wildman–Crippen MR) is 75.9 cm³/mol. The zero-order valence-electron chi connectivity index (χ0n) is 11.2. The molecule has 1 aliphatic rings. The molecule has 1 amide bonds. The smallest absolute Gasteiger partial charge is 0.223 e. The van der Waals surface area contributed by atoms with Crippen LogP contribution < -0.4 is 5.32 Å². The van der Waals surface area contributed by atoms with Crippen molar-refractivity contribution in [3.05, 3.63) is 22.4 Å². The van der Waals surface area contributed by atoms with Gasteiger partial charge >= 0.3 is 0 Å². The van der Waals surface area contributed by atoms with Gasteiger partial charge in [0, 0.05) is 36.5 Å². The molecule has 1 aliphatic heterocycles. The van der Waals surface area contributed by atoms with E-state index in [1.807, 2.05) is 4.90 Å². The second kappa shape index (κ2) is 5.85. The SMILES string of the molecule is CC1(C)CNCCN1C(=O)CCCc1cccs1. The van der Waals surface area contributed by atoms with Crippen LogP contribution in [0.15, 0.2) is 17.5 Å². The van der Waals surface area contributed by atoms with E-state index in [0.717, 1.165) is 32.5 Å². The Morgan fingerprint density at radius 1 is 1.56 bits per heavy atom. The number of carbonyl (C=O) groups is 1. The van der Waals surface area contributed by atoms with Crippen molar-refractivity contribution in [2.24, 2.45) is 0 Å². The number of nitrogens with one attached hydrogen (secondary N) is 1. The van der Waals surface area contributed by atoms with Gasteiger partial charge in [-0.2, -0.15) is 0 Å². The second-order valence-corrected chi connectivity index (χ2v) is 6.50. The van der Waals surface area contributed by atoms with E-state index in [9.17, 15) is 4.79 Å². The number of hydrogen-bond donors (Lipinski definition) is 1. The summed E-state index contributed by atoms with van der Waals surface area (Å²) in [5.41, 5.74) is -0.0434. The molecule has 1 fully saturated rings. The van der Waals surface area contributed by atoms with Crippen LogP contribution in [-0.4, -0.2) is 36.0 Å². The summed E-state index contributed by atoms with van der Waals surface area (Å²) in [6, 6.07) is 4.21. The third kappa shape index (κ3) is 3.33. The molecule has 0 aliphatic carbocycles. The molecule has 0 aromatic carbocycles. The Morgan fingerprint density at radius 2 is 2.39 bits per heavy atom. The molecular weight excluding hydrogens is 244 g/mol. The quantitative estimate of drug-likeness (QED) is 0.907. The zero-order chi connectivity index (χ0) is 13.0. The van der Waals surface area contributed by atoms with Crippen LogP contribution in [0.5, 0.6) is 0 Å². The van der Waals surface area contributed by atoms with Gasteiger partial charge in [-0.25, -0.2) is 0 Å². The summed E-state index contributed by atoms with van der Waals surface area (Å²) in [7, 11) is 0. The predicted octanol–water partition coefficient (Wildman–Crippen LogP) is 2.28. The van der Waals surface area contributed by atoms with Crippen LogP contribution >= 0.6 is 11.3 Å². The van der Waals surface area contributed by atoms with E-state index >= 15 is 0 Å². The van der Waals surface area contributed by atoms with Gasteiger partial charge in [0.25, 0.3) is 0 Å². The van der Waals surface area contributed by atoms with Crippen molar-refractivity contribution in [3.63, 3.8) is 0 Å². The highest BCUT2D eigenvalue weighted by Crippen LogP contribution is 2.19. The van der Waals surface area contributed by atoms with E-state index in [0.29, 0.717) is 12.3 Å². The number of rotatable bonds is 4. The maximum atomic E-state index is 12.2. The van der Waals surface area contributed by atoms with Crippen LogP contribution in [0.1, 0.15) is 31.6 Å². The first-order chi connectivity index (χ1) is 8.59. The molecule has 1 N–H and O–H groups in total. The van der Waals surface area contributed by atoms with Gasteiger partial charge in [0.15, 0.2) is 0 Å². The van der Waals surface area contributed by atoms with Crippen LogP contribution in [0.4, 0.5) is 0 Å². The van der Waals surface area contributed by atoms with E-state index in [4.69, 9.17) is 0 Å². The number of aryl methyl sites for hydroxylation is 1. The lowest BCUT2D eigenvalue weighted by atomic mass is 9.99. The largest absolute Gasteiger partial charge is 0.335 e. The third-order valence-corrected chi connectivity index (χ3v) is 4.43. The minimum absolute atomic E-state index is 0.0434. The lowest BCUT2D eigenvalue weighted by Gasteiger charge is -2.43. The van der Waals surface area contributed by atoms with E-state index in [1.54, 1.807) is 11.3 Å². The molecule has 100 valence electrons. The molecule has 1 aromatic heterocycles. The molecule has 2 rings (SSSR count). The first-order valence-corrected chi connectivity index (χ1v) is 7.51. The Labute approximate surface area is 113 Å². The van der Waals surface area contributed by atoms with Gasteiger partial charge in [-0.15, -0.1) is 11.3 Å². The second-order valence-electron chi connectivity index (χ2n) is 5.47. The molecule has 0 atom stereocenters. The van der Waals surface area contributed by atoms with Gasteiger partial charge in [-0.3, -0.25) is 4.79 Å². The molecule has 0 saturated carbocycles. The van der Waals surface area contributed by atoms with Crippen LogP contribution in [-0.2, 0) is 11.2 Å². The van der Waals surface area contributed by atoms with E-state index in [-0.39, 0.29) is 5.54 Å². The summed E-state index contributed by atoms with van der Waals surface area (Å²) < 4.78 is 0. The van der Waals surface area contributed by atoms with Crippen molar-refractivity contribution in [2.75, 3.05) is 19.6 Å². The van der Waals surface area contributed by atoms with Gasteiger partial charge in [-0.1, -0.05) is 6.07 Å². The molecular formula is C14H22N2OS. The fourth-order valence-electron chi connectivity index (χ4n) is 2.45. The number of carbonyl (C=O) groups excluding carboxylic acids is 1. The highest BCUT2D eigenvalue weighted by molar-refractivity contribution is 7.09. The summed E-state index contributed by atoms with van der Waals surface area (Å²) in [5, 5.41) is 5.44. The summed E-state index contributed by atoms with van der Waals surface area (Å²) in [6.45, 7) is 6.92. The minimum atomic E-state index is -0.0434. The van der Waals surface area contributed by atoms with Crippen molar-refractivity contribution in [1.29, 1.82) is 0 Å². The van der Waals surface area contributed by atoms with E-state index in [1.165, 1.54) is 4.88 Å². The van der Waals surface area contributed by atoms with Gasteiger partial charge in [0.1, 0.15) is 0 Å². The lowest BCUT2D eigenvalue weighted by molar-refractivity contribution is -0.137. The number of amides is 1. The van der Waals surface area contributed by atoms with Crippen molar-refractivity contribution < 1.29 is 4.79 Å². The highest BCUT2D eigenvalue weighted by Gasteiger charge is 2.32. The summed E-state index contributed by atoms with van der Waals surface area (Å²) >= 11 is 1.78. The van der Waals surface area contributed by atoms with Gasteiger partial charge in [0.2, 0.25) is 5.91 Å². The van der Waals surface area contributed by atoms with Crippen molar-refractivity contribution in [3.8, 4) is 0 Å². The third-order valence-electron chi connectivity index (χ3n) is 3.50. The average molecular weight is 266 g/mol. The summed E-state index contributed by atoms with van der Waals surface area (Å²) in [5.74, 6) is 0.304. The van der Waals surface area contributed by atoms with Crippen LogP contribution in [0.2, 0.25) is 0 Å². The Hall–Kier alpha value is -0.870. The molecule has 4 heteroatoms. The number of piperazine rings is 1. The standard InChI is InChI=1S/C14H22N2OS/c1-14(2)11-15-8-9-16(14)13(17)7-3-5-12-6-4-10-18-12/h4,6,10,15H,3,5,7-9,11H2,1-2H3. The molecule has 1 saturated heterocycles. The van der Waals surface area contributed by atoms with Gasteiger partial charge in [-0.05, 0) is 38.1 Å². The van der Waals surface area contributed by atoms with E-state index < -0.39 is 0 Å². The van der Waals surface area contributed by atoms with Crippen LogP contribution in [0.3, 0.4) is 0 Å². The molecule has 0 unspecified atom stereocenters. The number of hydrogen-bond acceptors (Lipinski definition) is 3. The number of thiophene rings is 1. The lowest BCUT2D eigenvalue weighted by Crippen LogP contribution is -2.59. The van der Waals surface area contributed by atoms with Crippen LogP contribution in [0.25, 0.3) is 0 Å². The Balaban J connectivity index is 1.80. The monoisotopic (exact) mass is 266 g/mol. The summed E-state index contributed by atoms with van der Waals surface area (Å²) in [4.78, 5) is 15.7. The van der Waals surface area contributed by atoms with Crippen molar-refractivity contribution >= 4 is 17.2 Å². The maximum Gasteiger partial charge on any atom is 0.223 e. The number of nitrogens with zero attached hydrogens (tertiary/aromatic N) is 1. The zero-order valence-corrected chi connectivity index (χ0v) is 12.1. The molecule has 0 bridgehead atoms. The Kier molecular flexibility index (Phi) is 4.40. The van der Waals surface area contributed by atoms with Crippen molar-refractivity contribution in [1.82, 2.24) is 10.2 Å². The first-order valence-electron chi connectivity index (χ1n) is 6.63. The topological polar surface area (TPSA) is 32.3 Å². The van der Waals surface area contributed by atoms with Gasteiger partial charge in [0.05, 0.1) is 0 Å². The normalized spacial score (nSPS) is 18.9. The van der Waals surface area contributed by atoms with E-state index in [2.05, 4.69) is 36.7 Å².